The standard InChI is InChI=1S/C120H150O22/c1-22-43-64-85(121)105(107(87(123)66-45-24-3)109(89(125)68-47-26-5)111(91(127)70-49-28-7)113(115(141)142)93(129)72-51-30-9)106(86(122)65-44-23-2)108(88(124)67-46-25-4)110(90(126)69-48-27-6)112(92(128)71-50-29-8)114(94(130)73-52-31-10)117(97(133)76-55-34-13,98(134)77-56-35-14)119(101(137)80-59-38-17,102(138)81-60-39-18)120(103(139)82-61-40-19,104(140)83-62-41-20)118(99(135)78-57-36-15,100(136)79-58-37-16)116(84-63-42-21,95(131)74-53-32-11)96(132)75-54-33-12/h43-62,64-83H,22-42,63,84H2,1-21H3,(H,141,142). The minimum absolute atomic E-state index is 0.0234. The molecule has 0 bridgehead atoms. The molecule has 0 radical (unpaired) electrons. The van der Waals surface area contributed by atoms with Gasteiger partial charge in [-0.25, -0.2) is 4.79 Å². The normalized spacial score (nSPS) is 15.8. The van der Waals surface area contributed by atoms with Crippen LogP contribution >= 0.6 is 0 Å². The van der Waals surface area contributed by atoms with E-state index in [0.717, 1.165) is 128 Å². The number of hydrogen-bond donors (Lipinski definition) is 1. The van der Waals surface area contributed by atoms with Crippen LogP contribution in [0.1, 0.15) is 293 Å². The van der Waals surface area contributed by atoms with Crippen LogP contribution in [-0.4, -0.2) is 127 Å². The van der Waals surface area contributed by atoms with Gasteiger partial charge in [0.15, 0.2) is 116 Å². The number of carbonyl (C=O) groups excluding carboxylic acids is 20. The van der Waals surface area contributed by atoms with Gasteiger partial charge in [-0.2, -0.15) is 0 Å². The van der Waals surface area contributed by atoms with Crippen molar-refractivity contribution in [3.05, 3.63) is 299 Å². The first-order valence-electron chi connectivity index (χ1n) is 50.1. The Kier molecular flexibility index (Phi) is 61.9. The van der Waals surface area contributed by atoms with Gasteiger partial charge in [-0.1, -0.05) is 280 Å². The molecule has 0 saturated heterocycles. The first kappa shape index (κ1) is 128. The molecule has 0 spiro atoms. The molecule has 22 nitrogen and oxygen atoms in total. The van der Waals surface area contributed by atoms with Crippen molar-refractivity contribution < 1.29 is 106 Å². The van der Waals surface area contributed by atoms with Crippen molar-refractivity contribution in [2.75, 3.05) is 0 Å². The number of hydrogen-bond acceptors (Lipinski definition) is 21. The van der Waals surface area contributed by atoms with Gasteiger partial charge in [0.25, 0.3) is 0 Å². The number of carbonyl (C=O) groups is 21. The van der Waals surface area contributed by atoms with Crippen molar-refractivity contribution in [3.8, 4) is 0 Å². The maximum absolute atomic E-state index is 19.4. The molecule has 0 aromatic carbocycles. The molecule has 0 unspecified atom stereocenters. The summed E-state index contributed by atoms with van der Waals surface area (Å²) < 4.78 is 0. The van der Waals surface area contributed by atoms with Crippen LogP contribution in [0.2, 0.25) is 0 Å². The van der Waals surface area contributed by atoms with Crippen LogP contribution in [0.4, 0.5) is 0 Å². The van der Waals surface area contributed by atoms with E-state index in [4.69, 9.17) is 0 Å². The molecule has 0 aromatic rings. The molecule has 762 valence electrons. The van der Waals surface area contributed by atoms with Crippen LogP contribution < -0.4 is 0 Å². The molecule has 142 heavy (non-hydrogen) atoms. The average molecular weight is 1940 g/mol. The third kappa shape index (κ3) is 30.9. The third-order valence-electron chi connectivity index (χ3n) is 22.4. The smallest absolute Gasteiger partial charge is 0.340 e. The van der Waals surface area contributed by atoms with Gasteiger partial charge in [0.2, 0.25) is 0 Å². The van der Waals surface area contributed by atoms with Gasteiger partial charge >= 0.3 is 5.97 Å². The Hall–Kier alpha value is -13.6. The summed E-state index contributed by atoms with van der Waals surface area (Å²) in [5.41, 5.74) is -40.2. The minimum atomic E-state index is -5.14. The summed E-state index contributed by atoms with van der Waals surface area (Å²) in [6, 6.07) is 0. The van der Waals surface area contributed by atoms with Crippen molar-refractivity contribution in [1.29, 1.82) is 0 Å². The monoisotopic (exact) mass is 1940 g/mol. The third-order valence-corrected chi connectivity index (χ3v) is 22.4. The summed E-state index contributed by atoms with van der Waals surface area (Å²) >= 11 is 0. The molecule has 0 atom stereocenters. The number of aliphatic carboxylic acids is 1. The van der Waals surface area contributed by atoms with Gasteiger partial charge in [0.05, 0.1) is 5.57 Å². The topological polar surface area (TPSA) is 379 Å². The summed E-state index contributed by atoms with van der Waals surface area (Å²) in [7, 11) is 0. The second kappa shape index (κ2) is 68.5. The fourth-order valence-corrected chi connectivity index (χ4v) is 16.2. The van der Waals surface area contributed by atoms with E-state index in [9.17, 15) is 9.90 Å². The van der Waals surface area contributed by atoms with E-state index in [2.05, 4.69) is 0 Å². The molecule has 0 aliphatic carbocycles. The van der Waals surface area contributed by atoms with E-state index in [1.807, 2.05) is 0 Å². The Labute approximate surface area is 841 Å². The highest BCUT2D eigenvalue weighted by Crippen LogP contribution is 2.72. The fourth-order valence-electron chi connectivity index (χ4n) is 16.2. The number of rotatable bonds is 73. The van der Waals surface area contributed by atoms with Crippen molar-refractivity contribution >= 4 is 122 Å². The molecule has 0 rings (SSSR count). The molecule has 22 heteroatoms. The Morgan fingerprint density at radius 1 is 0.169 bits per heavy atom. The van der Waals surface area contributed by atoms with Crippen molar-refractivity contribution in [3.63, 3.8) is 0 Å². The lowest BCUT2D eigenvalue weighted by Crippen LogP contribution is -2.82. The van der Waals surface area contributed by atoms with E-state index in [1.54, 1.807) is 34.6 Å². The molecule has 0 amide bonds. The molecule has 0 aromatic heterocycles. The highest BCUT2D eigenvalue weighted by molar-refractivity contribution is 6.45. The zero-order valence-corrected chi connectivity index (χ0v) is 87.4. The number of ketones is 20. The fraction of sp³-hybridized carbons (Fsp3) is 0.408. The van der Waals surface area contributed by atoms with Gasteiger partial charge < -0.3 is 5.11 Å². The van der Waals surface area contributed by atoms with Crippen LogP contribution in [0.25, 0.3) is 0 Å². The Balaban J connectivity index is 17.6. The van der Waals surface area contributed by atoms with Crippen LogP contribution in [0.3, 0.4) is 0 Å². The number of carboxylic acids is 1. The predicted octanol–water partition coefficient (Wildman–Crippen LogP) is 23.4. The lowest BCUT2D eigenvalue weighted by molar-refractivity contribution is -0.200. The summed E-state index contributed by atoms with van der Waals surface area (Å²) in [6.07, 6.45) is 28.7. The average Bonchev–Trinajstić information content (AvgIpc) is 0.635. The van der Waals surface area contributed by atoms with Crippen molar-refractivity contribution in [2.24, 2.45) is 27.1 Å². The van der Waals surface area contributed by atoms with E-state index >= 15 is 95.9 Å². The van der Waals surface area contributed by atoms with E-state index < -0.39 is 217 Å². The van der Waals surface area contributed by atoms with E-state index in [1.165, 1.54) is 141 Å². The number of carboxylic acid groups (broad SMARTS) is 1. The Bertz CT molecular complexity index is 5340. The van der Waals surface area contributed by atoms with Crippen LogP contribution in [0.15, 0.2) is 299 Å². The van der Waals surface area contributed by atoms with E-state index in [-0.39, 0.29) is 135 Å². The molecule has 0 fully saturated rings. The molecule has 0 aliphatic heterocycles. The predicted molar refractivity (Wildman–Crippen MR) is 563 cm³/mol. The van der Waals surface area contributed by atoms with Crippen molar-refractivity contribution in [1.82, 2.24) is 0 Å². The lowest BCUT2D eigenvalue weighted by Gasteiger charge is -2.62. The summed E-state index contributed by atoms with van der Waals surface area (Å²) in [5.74, 6) is -39.2. The number of unbranched alkanes of at least 4 members (excludes halogenated alkanes) is 1. The maximum atomic E-state index is 19.4. The highest BCUT2D eigenvalue weighted by atomic mass is 16.4. The highest BCUT2D eigenvalue weighted by Gasteiger charge is 2.90. The van der Waals surface area contributed by atoms with Crippen molar-refractivity contribution in [2.45, 2.75) is 293 Å². The van der Waals surface area contributed by atoms with Gasteiger partial charge in [-0.05, 0) is 256 Å². The Morgan fingerprint density at radius 2 is 0.324 bits per heavy atom. The molecule has 1 N–H and O–H groups in total. The van der Waals surface area contributed by atoms with E-state index in [0.29, 0.717) is 85.1 Å². The summed E-state index contributed by atoms with van der Waals surface area (Å²) in [6.45, 7) is 31.2. The second-order valence-electron chi connectivity index (χ2n) is 32.6. The first-order valence-corrected chi connectivity index (χ1v) is 50.1. The lowest BCUT2D eigenvalue weighted by atomic mass is 9.29. The zero-order valence-electron chi connectivity index (χ0n) is 87.4. The second-order valence-corrected chi connectivity index (χ2v) is 32.6. The van der Waals surface area contributed by atoms with Gasteiger partial charge in [0.1, 0.15) is 32.6 Å². The van der Waals surface area contributed by atoms with Crippen LogP contribution in [0.5, 0.6) is 0 Å². The molecular formula is C120H150O22. The van der Waals surface area contributed by atoms with Gasteiger partial charge in [-0.15, -0.1) is 0 Å². The number of allylic oxidation sites excluding steroid dienone is 49. The SMILES string of the molecule is CCC=CC(=O)C(C(=O)O)=C(C(=O)C=CCC)C(C(=O)C=CCC)=C(C(=O)C=CCC)C(C(=O)C=CCC)=C(C(=O)C=CCC)C(C(=O)C=CCC)=C(C(=O)C=CCC)C(C(=O)C=CCC)=C(C(=O)C=CCC)C(C(=O)C=CCC)(C(=O)C=CCC)C(C(=O)C=CCC)(C(=O)C=CCC)C(C(=O)C=CCC)(C(=O)C=CCC)C(C(=O)C=CCC)(C(=O)C=CCC)C(CCCC)(C(=O)C=CCC)C(=O)C=CCC. The molecule has 0 heterocycles. The van der Waals surface area contributed by atoms with Crippen LogP contribution in [0, 0.1) is 27.1 Å². The van der Waals surface area contributed by atoms with Gasteiger partial charge in [-0.3, -0.25) is 95.9 Å². The zero-order chi connectivity index (χ0) is 108. The molecule has 0 aliphatic rings. The minimum Gasteiger partial charge on any atom is -0.478 e. The quantitative estimate of drug-likeness (QED) is 0.0256. The van der Waals surface area contributed by atoms with Crippen LogP contribution in [-0.2, 0) is 101 Å². The summed E-state index contributed by atoms with van der Waals surface area (Å²) in [4.78, 5) is 375. The first-order chi connectivity index (χ1) is 67.9. The maximum Gasteiger partial charge on any atom is 0.340 e. The largest absolute Gasteiger partial charge is 0.478 e. The summed E-state index contributed by atoms with van der Waals surface area (Å²) in [5, 5.41) is 11.7. The Morgan fingerprint density at radius 3 is 0.528 bits per heavy atom. The molecular weight excluding hydrogens is 1790 g/mol. The van der Waals surface area contributed by atoms with Gasteiger partial charge in [0, 0.05) is 44.6 Å². The molecule has 0 saturated carbocycles.